The normalized spacial score (nSPS) is 15.3. The number of rotatable bonds is 9. The number of hydrogen-bond acceptors (Lipinski definition) is 8. The minimum absolute atomic E-state index is 0. The van der Waals surface area contributed by atoms with Crippen molar-refractivity contribution in [2.75, 3.05) is 17.2 Å². The van der Waals surface area contributed by atoms with Crippen LogP contribution in [0.1, 0.15) is 39.2 Å². The first kappa shape index (κ1) is 29.1. The van der Waals surface area contributed by atoms with Gasteiger partial charge in [-0.1, -0.05) is 26.8 Å². The number of aromatic nitrogens is 2. The van der Waals surface area contributed by atoms with Crippen molar-refractivity contribution in [3.63, 3.8) is 0 Å². The minimum Gasteiger partial charge on any atom is -0.548 e. The van der Waals surface area contributed by atoms with Gasteiger partial charge in [0.05, 0.1) is 24.3 Å². The molecule has 36 heavy (non-hydrogen) atoms. The summed E-state index contributed by atoms with van der Waals surface area (Å²) in [7, 11) is 0. The number of aliphatic carboxylic acids is 1. The van der Waals surface area contributed by atoms with Gasteiger partial charge < -0.3 is 35.0 Å². The third kappa shape index (κ3) is 8.85. The number of amides is 3. The Balaban J connectivity index is 0.00000456. The number of alkyl carbamates (subject to hydrolysis) is 1. The first-order valence-electron chi connectivity index (χ1n) is 11.0. The maximum absolute atomic E-state index is 12.5. The van der Waals surface area contributed by atoms with Gasteiger partial charge in [0.2, 0.25) is 11.9 Å². The van der Waals surface area contributed by atoms with E-state index in [2.05, 4.69) is 25.9 Å². The second-order valence-corrected chi connectivity index (χ2v) is 9.31. The Kier molecular flexibility index (Phi) is 10.3. The van der Waals surface area contributed by atoms with Gasteiger partial charge in [0.25, 0.3) is 5.91 Å². The summed E-state index contributed by atoms with van der Waals surface area (Å²) in [6, 6.07) is 3.44. The Morgan fingerprint density at radius 3 is 2.67 bits per heavy atom. The molecule has 3 amide bonds. The van der Waals surface area contributed by atoms with Crippen molar-refractivity contribution in [3.8, 4) is 5.75 Å². The molecule has 1 aromatic carbocycles. The molecule has 2 atom stereocenters. The van der Waals surface area contributed by atoms with Crippen LogP contribution in [-0.4, -0.2) is 52.6 Å². The number of aromatic amines is 1. The zero-order chi connectivity index (χ0) is 25.6. The van der Waals surface area contributed by atoms with E-state index < -0.39 is 30.1 Å². The van der Waals surface area contributed by atoms with Gasteiger partial charge in [-0.15, -0.1) is 0 Å². The number of hydrogen-bond donors (Lipinski definition) is 4. The molecule has 188 valence electrons. The number of carboxylic acids is 1. The van der Waals surface area contributed by atoms with Crippen LogP contribution in [0.2, 0.25) is 0 Å². The van der Waals surface area contributed by atoms with Gasteiger partial charge in [0.15, 0.2) is 6.10 Å². The SMILES string of the molecule is CC(C)(C)COC(=O)N[C@@H](Cc1ccc2c(c1)NC(=O)[C@@H](CCC(=O)Nc1ncc[nH]1)O2)C(=O)[O-].[Na+]. The Morgan fingerprint density at radius 2 is 2.03 bits per heavy atom. The van der Waals surface area contributed by atoms with Crippen LogP contribution >= 0.6 is 0 Å². The zero-order valence-corrected chi connectivity index (χ0v) is 22.7. The number of imidazole rings is 1. The number of fused-ring (bicyclic) bond motifs is 1. The quantitative estimate of drug-likeness (QED) is 0.280. The van der Waals surface area contributed by atoms with Gasteiger partial charge in [0, 0.05) is 25.2 Å². The predicted octanol–water partition coefficient (Wildman–Crippen LogP) is -2.03. The molecule has 2 heterocycles. The van der Waals surface area contributed by atoms with E-state index in [0.29, 0.717) is 22.9 Å². The van der Waals surface area contributed by atoms with Crippen LogP contribution in [-0.2, 0) is 25.5 Å². The average Bonchev–Trinajstić information content (AvgIpc) is 3.28. The first-order chi connectivity index (χ1) is 16.5. The largest absolute Gasteiger partial charge is 1.00 e. The second kappa shape index (κ2) is 12.7. The molecule has 0 saturated heterocycles. The molecule has 1 aliphatic heterocycles. The van der Waals surface area contributed by atoms with Crippen LogP contribution in [0.5, 0.6) is 5.75 Å². The van der Waals surface area contributed by atoms with E-state index in [1.54, 1.807) is 24.4 Å². The van der Waals surface area contributed by atoms with Gasteiger partial charge >= 0.3 is 35.7 Å². The Bertz CT molecular complexity index is 1090. The molecule has 2 aromatic rings. The van der Waals surface area contributed by atoms with Crippen molar-refractivity contribution in [3.05, 3.63) is 36.2 Å². The maximum Gasteiger partial charge on any atom is 1.00 e. The second-order valence-electron chi connectivity index (χ2n) is 9.31. The molecule has 1 aromatic heterocycles. The molecule has 0 unspecified atom stereocenters. The van der Waals surface area contributed by atoms with E-state index in [9.17, 15) is 24.3 Å². The van der Waals surface area contributed by atoms with E-state index in [-0.39, 0.29) is 66.7 Å². The molecule has 0 fully saturated rings. The summed E-state index contributed by atoms with van der Waals surface area (Å²) in [5.41, 5.74) is 0.608. The van der Waals surface area contributed by atoms with Gasteiger partial charge in [0.1, 0.15) is 5.75 Å². The number of nitrogens with one attached hydrogen (secondary N) is 4. The fourth-order valence-corrected chi connectivity index (χ4v) is 3.20. The van der Waals surface area contributed by atoms with Crippen LogP contribution in [0.3, 0.4) is 0 Å². The molecule has 1 aliphatic rings. The fraction of sp³-hybridized carbons (Fsp3) is 0.435. The van der Waals surface area contributed by atoms with Crippen LogP contribution < -0.4 is 55.4 Å². The number of carbonyl (C=O) groups is 4. The summed E-state index contributed by atoms with van der Waals surface area (Å²) in [6.07, 6.45) is 1.44. The van der Waals surface area contributed by atoms with Crippen LogP contribution in [0.25, 0.3) is 0 Å². The number of carbonyl (C=O) groups excluding carboxylic acids is 4. The molecule has 0 saturated carbocycles. The number of carboxylic acid groups (broad SMARTS) is 1. The fourth-order valence-electron chi connectivity index (χ4n) is 3.20. The summed E-state index contributed by atoms with van der Waals surface area (Å²) >= 11 is 0. The van der Waals surface area contributed by atoms with Crippen molar-refractivity contribution >= 4 is 35.5 Å². The van der Waals surface area contributed by atoms with Gasteiger partial charge in [-0.05, 0) is 29.5 Å². The first-order valence-corrected chi connectivity index (χ1v) is 11.0. The zero-order valence-electron chi connectivity index (χ0n) is 20.7. The summed E-state index contributed by atoms with van der Waals surface area (Å²) in [5.74, 6) is -1.52. The topological polar surface area (TPSA) is 175 Å². The molecular weight excluding hydrogens is 481 g/mol. The molecule has 0 spiro atoms. The summed E-state index contributed by atoms with van der Waals surface area (Å²) in [6.45, 7) is 5.74. The van der Waals surface area contributed by atoms with Crippen molar-refractivity contribution in [2.45, 2.75) is 52.2 Å². The Morgan fingerprint density at radius 1 is 1.28 bits per heavy atom. The smallest absolute Gasteiger partial charge is 0.548 e. The van der Waals surface area contributed by atoms with Crippen molar-refractivity contribution in [1.29, 1.82) is 0 Å². The number of anilines is 2. The number of H-pyrrole nitrogens is 1. The van der Waals surface area contributed by atoms with Crippen LogP contribution in [0.4, 0.5) is 16.4 Å². The van der Waals surface area contributed by atoms with E-state index in [1.165, 1.54) is 6.20 Å². The summed E-state index contributed by atoms with van der Waals surface area (Å²) in [4.78, 5) is 54.6. The Labute approximate surface area is 230 Å². The Hall–Kier alpha value is -3.09. The summed E-state index contributed by atoms with van der Waals surface area (Å²) in [5, 5.41) is 19.1. The van der Waals surface area contributed by atoms with E-state index in [0.717, 1.165) is 0 Å². The predicted molar refractivity (Wildman–Crippen MR) is 122 cm³/mol. The van der Waals surface area contributed by atoms with Gasteiger partial charge in [-0.3, -0.25) is 14.9 Å². The van der Waals surface area contributed by atoms with Crippen LogP contribution in [0, 0.1) is 5.41 Å². The standard InChI is InChI=1S/C23H29N5O7.Na/c1-23(2,3)12-34-22(33)27-15(20(31)32)11-13-4-5-16-14(10-13)26-19(30)17(35-16)6-7-18(29)28-21-24-8-9-25-21;/h4-5,8-10,15,17H,6-7,11-12H2,1-3H3,(H,26,30)(H,27,33)(H,31,32)(H2,24,25,28,29);/q;+1/p-1/t15-,17+;/m0./s1. The molecule has 4 N–H and O–H groups in total. The third-order valence-electron chi connectivity index (χ3n) is 4.91. The number of ether oxygens (including phenoxy) is 2. The van der Waals surface area contributed by atoms with Crippen LogP contribution in [0.15, 0.2) is 30.6 Å². The molecule has 0 aliphatic carbocycles. The molecule has 12 nitrogen and oxygen atoms in total. The third-order valence-corrected chi connectivity index (χ3v) is 4.91. The number of benzene rings is 1. The van der Waals surface area contributed by atoms with Gasteiger partial charge in [-0.2, -0.15) is 0 Å². The molecule has 3 rings (SSSR count). The molecule has 0 radical (unpaired) electrons. The maximum atomic E-state index is 12.5. The molecule has 13 heteroatoms. The molecule has 0 bridgehead atoms. The average molecular weight is 509 g/mol. The van der Waals surface area contributed by atoms with Gasteiger partial charge in [-0.25, -0.2) is 9.78 Å². The number of nitrogens with zero attached hydrogens (tertiary/aromatic N) is 1. The van der Waals surface area contributed by atoms with Crippen molar-refractivity contribution in [2.24, 2.45) is 5.41 Å². The van der Waals surface area contributed by atoms with E-state index in [1.807, 2.05) is 20.8 Å². The molecular formula is C23H28N5NaO7. The van der Waals surface area contributed by atoms with Crippen molar-refractivity contribution < 1.29 is 63.3 Å². The van der Waals surface area contributed by atoms with E-state index in [4.69, 9.17) is 9.47 Å². The van der Waals surface area contributed by atoms with E-state index >= 15 is 0 Å². The minimum atomic E-state index is -1.47. The monoisotopic (exact) mass is 509 g/mol. The summed E-state index contributed by atoms with van der Waals surface area (Å²) < 4.78 is 10.8. The van der Waals surface area contributed by atoms with Crippen molar-refractivity contribution in [1.82, 2.24) is 15.3 Å².